The molecule has 1 atom stereocenters. The molecule has 0 bridgehead atoms. The van der Waals surface area contributed by atoms with E-state index in [4.69, 9.17) is 15.5 Å². The average Bonchev–Trinajstić information content (AvgIpc) is 2.93. The van der Waals surface area contributed by atoms with Crippen molar-refractivity contribution in [3.05, 3.63) is 54.4 Å². The SMILES string of the molecule is C=C(/N=C(\C=C/C)c1ccc(OCCC)cc1)N1CCC(F)(C(=O)NC(C)(CCN)C2CCCCC2)CC1. The predicted molar refractivity (Wildman–Crippen MR) is 154 cm³/mol. The molecule has 3 N–H and O–H groups in total. The summed E-state index contributed by atoms with van der Waals surface area (Å²) in [5.74, 6) is 1.25. The Kier molecular flexibility index (Phi) is 11.0. The molecule has 1 saturated carbocycles. The number of nitrogens with zero attached hydrogens (tertiary/aromatic N) is 2. The molecule has 0 spiro atoms. The van der Waals surface area contributed by atoms with Crippen LogP contribution in [0.4, 0.5) is 4.39 Å². The topological polar surface area (TPSA) is 80.0 Å². The van der Waals surface area contributed by atoms with E-state index in [0.29, 0.717) is 44.4 Å². The van der Waals surface area contributed by atoms with Crippen LogP contribution >= 0.6 is 0 Å². The second-order valence-electron chi connectivity index (χ2n) is 11.0. The first-order valence-corrected chi connectivity index (χ1v) is 14.3. The number of halogens is 1. The maximum absolute atomic E-state index is 16.0. The molecule has 3 rings (SSSR count). The zero-order valence-electron chi connectivity index (χ0n) is 23.6. The first-order chi connectivity index (χ1) is 18.2. The van der Waals surface area contributed by atoms with Crippen LogP contribution in [-0.2, 0) is 4.79 Å². The standard InChI is InChI=1S/C31H47FN4O2/c1-5-10-28(25-13-15-27(16-14-25)38-23-6-2)34-24(3)36-21-18-31(32,19-22-36)29(37)35-30(4,17-20-33)26-11-8-7-9-12-26/h5,10,13-16,26H,3,6-9,11-12,17-23,33H2,1-2,4H3,(H,35,37)/b10-5-,34-28+. The van der Waals surface area contributed by atoms with Crippen molar-refractivity contribution in [1.82, 2.24) is 10.2 Å². The van der Waals surface area contributed by atoms with Crippen molar-refractivity contribution in [3.63, 3.8) is 0 Å². The molecule has 38 heavy (non-hydrogen) atoms. The summed E-state index contributed by atoms with van der Waals surface area (Å²) in [5, 5.41) is 3.12. The van der Waals surface area contributed by atoms with Crippen molar-refractivity contribution >= 4 is 11.6 Å². The van der Waals surface area contributed by atoms with Gasteiger partial charge in [-0.2, -0.15) is 0 Å². The van der Waals surface area contributed by atoms with E-state index in [1.54, 1.807) is 0 Å². The van der Waals surface area contributed by atoms with E-state index < -0.39 is 17.1 Å². The number of carbonyl (C=O) groups excluding carboxylic acids is 1. The number of hydrogen-bond donors (Lipinski definition) is 2. The molecule has 1 unspecified atom stereocenters. The minimum Gasteiger partial charge on any atom is -0.494 e. The van der Waals surface area contributed by atoms with E-state index in [2.05, 4.69) is 18.8 Å². The number of hydrogen-bond acceptors (Lipinski definition) is 5. The van der Waals surface area contributed by atoms with E-state index in [1.807, 2.05) is 55.2 Å². The van der Waals surface area contributed by atoms with E-state index in [0.717, 1.165) is 49.1 Å². The summed E-state index contributed by atoms with van der Waals surface area (Å²) in [7, 11) is 0. The van der Waals surface area contributed by atoms with Gasteiger partial charge in [-0.3, -0.25) is 4.79 Å². The molecule has 0 radical (unpaired) electrons. The molecule has 6 nitrogen and oxygen atoms in total. The summed E-state index contributed by atoms with van der Waals surface area (Å²) in [4.78, 5) is 20.0. The first kappa shape index (κ1) is 29.9. The molecule has 2 fully saturated rings. The smallest absolute Gasteiger partial charge is 0.258 e. The van der Waals surface area contributed by atoms with Gasteiger partial charge in [0.25, 0.3) is 5.91 Å². The van der Waals surface area contributed by atoms with Gasteiger partial charge in [0.05, 0.1) is 12.3 Å². The number of likely N-dealkylation sites (tertiary alicyclic amines) is 1. The molecule has 0 aromatic heterocycles. The summed E-state index contributed by atoms with van der Waals surface area (Å²) >= 11 is 0. The van der Waals surface area contributed by atoms with E-state index in [9.17, 15) is 4.79 Å². The maximum Gasteiger partial charge on any atom is 0.258 e. The van der Waals surface area contributed by atoms with Gasteiger partial charge in [0, 0.05) is 37.0 Å². The number of nitrogens with two attached hydrogens (primary N) is 1. The van der Waals surface area contributed by atoms with Crippen molar-refractivity contribution < 1.29 is 13.9 Å². The number of rotatable bonds is 12. The average molecular weight is 527 g/mol. The molecule has 1 aromatic carbocycles. The minimum absolute atomic E-state index is 0.110. The number of ether oxygens (including phenoxy) is 1. The lowest BCUT2D eigenvalue weighted by molar-refractivity contribution is -0.138. The monoisotopic (exact) mass is 526 g/mol. The maximum atomic E-state index is 16.0. The first-order valence-electron chi connectivity index (χ1n) is 14.3. The second-order valence-corrected chi connectivity index (χ2v) is 11.0. The largest absolute Gasteiger partial charge is 0.494 e. The summed E-state index contributed by atoms with van der Waals surface area (Å²) in [6, 6.07) is 7.84. The lowest BCUT2D eigenvalue weighted by Crippen LogP contribution is -2.60. The fourth-order valence-electron chi connectivity index (χ4n) is 5.63. The predicted octanol–water partition coefficient (Wildman–Crippen LogP) is 5.92. The molecule has 1 aromatic rings. The van der Waals surface area contributed by atoms with E-state index >= 15 is 4.39 Å². The number of allylic oxidation sites excluding steroid dienone is 2. The lowest BCUT2D eigenvalue weighted by atomic mass is 9.73. The highest BCUT2D eigenvalue weighted by Crippen LogP contribution is 2.36. The molecule has 2 aliphatic rings. The van der Waals surface area contributed by atoms with Gasteiger partial charge in [0.15, 0.2) is 5.67 Å². The highest BCUT2D eigenvalue weighted by atomic mass is 19.1. The Labute approximate surface area is 228 Å². The van der Waals surface area contributed by atoms with Crippen LogP contribution in [0, 0.1) is 5.92 Å². The van der Waals surface area contributed by atoms with Crippen LogP contribution in [0.5, 0.6) is 5.75 Å². The Hall–Kier alpha value is -2.67. The zero-order chi connectivity index (χ0) is 27.6. The van der Waals surface area contributed by atoms with Crippen molar-refractivity contribution in [2.75, 3.05) is 26.2 Å². The molecule has 210 valence electrons. The van der Waals surface area contributed by atoms with Gasteiger partial charge in [0.2, 0.25) is 0 Å². The highest BCUT2D eigenvalue weighted by Gasteiger charge is 2.46. The number of nitrogens with one attached hydrogen (secondary N) is 1. The Morgan fingerprint density at radius 3 is 2.50 bits per heavy atom. The third-order valence-corrected chi connectivity index (χ3v) is 8.09. The van der Waals surface area contributed by atoms with Crippen LogP contribution in [0.15, 0.2) is 53.8 Å². The third kappa shape index (κ3) is 7.68. The van der Waals surface area contributed by atoms with E-state index in [1.165, 1.54) is 6.42 Å². The van der Waals surface area contributed by atoms with Gasteiger partial charge in [0.1, 0.15) is 11.6 Å². The van der Waals surface area contributed by atoms with Gasteiger partial charge in [-0.15, -0.1) is 0 Å². The molecule has 1 amide bonds. The third-order valence-electron chi connectivity index (χ3n) is 8.09. The summed E-state index contributed by atoms with van der Waals surface area (Å²) < 4.78 is 21.6. The Bertz CT molecular complexity index is 976. The lowest BCUT2D eigenvalue weighted by Gasteiger charge is -2.43. The molecule has 1 saturated heterocycles. The number of piperidine rings is 1. The number of amides is 1. The van der Waals surface area contributed by atoms with Crippen molar-refractivity contribution in [2.45, 2.75) is 89.8 Å². The van der Waals surface area contributed by atoms with Crippen molar-refractivity contribution in [3.8, 4) is 5.75 Å². The van der Waals surface area contributed by atoms with Crippen LogP contribution < -0.4 is 15.8 Å². The fourth-order valence-corrected chi connectivity index (χ4v) is 5.63. The molecule has 1 aliphatic heterocycles. The number of carbonyl (C=O) groups is 1. The summed E-state index contributed by atoms with van der Waals surface area (Å²) in [6.07, 6.45) is 11.4. The van der Waals surface area contributed by atoms with Crippen LogP contribution in [0.3, 0.4) is 0 Å². The molecule has 7 heteroatoms. The van der Waals surface area contributed by atoms with Crippen LogP contribution in [0.25, 0.3) is 0 Å². The van der Waals surface area contributed by atoms with Crippen LogP contribution in [0.2, 0.25) is 0 Å². The highest BCUT2D eigenvalue weighted by molar-refractivity contribution is 6.09. The van der Waals surface area contributed by atoms with Gasteiger partial charge >= 0.3 is 0 Å². The quantitative estimate of drug-likeness (QED) is 0.331. The Morgan fingerprint density at radius 2 is 1.92 bits per heavy atom. The molecule has 1 heterocycles. The van der Waals surface area contributed by atoms with Crippen LogP contribution in [0.1, 0.15) is 84.1 Å². The van der Waals surface area contributed by atoms with Gasteiger partial charge in [-0.05, 0) is 82.3 Å². The van der Waals surface area contributed by atoms with E-state index in [-0.39, 0.29) is 12.8 Å². The molecule has 1 aliphatic carbocycles. The van der Waals surface area contributed by atoms with Gasteiger partial charge in [-0.1, -0.05) is 38.8 Å². The van der Waals surface area contributed by atoms with Crippen molar-refractivity contribution in [1.29, 1.82) is 0 Å². The minimum atomic E-state index is -1.90. The number of aliphatic imine (C=N–C) groups is 1. The van der Waals surface area contributed by atoms with Gasteiger partial charge < -0.3 is 20.7 Å². The van der Waals surface area contributed by atoms with Crippen LogP contribution in [-0.4, -0.2) is 54.0 Å². The molecular formula is C31H47FN4O2. The van der Waals surface area contributed by atoms with Gasteiger partial charge in [-0.25, -0.2) is 9.38 Å². The summed E-state index contributed by atoms with van der Waals surface area (Å²) in [5.41, 5.74) is 5.27. The fraction of sp³-hybridized carbons (Fsp3) is 0.613. The second kappa shape index (κ2) is 13.9. The Morgan fingerprint density at radius 1 is 1.26 bits per heavy atom. The summed E-state index contributed by atoms with van der Waals surface area (Å²) in [6.45, 7) is 12.2. The normalized spacial score (nSPS) is 20.2. The number of benzene rings is 1. The molecular weight excluding hydrogens is 479 g/mol. The Balaban J connectivity index is 1.64. The van der Waals surface area contributed by atoms with Crippen molar-refractivity contribution in [2.24, 2.45) is 16.6 Å². The number of alkyl halides is 1. The zero-order valence-corrected chi connectivity index (χ0v) is 23.6.